The third-order valence-electron chi connectivity index (χ3n) is 4.06. The summed E-state index contributed by atoms with van der Waals surface area (Å²) in [6, 6.07) is 6.35. The molecule has 0 amide bonds. The predicted molar refractivity (Wildman–Crippen MR) is 89.0 cm³/mol. The lowest BCUT2D eigenvalue weighted by Crippen LogP contribution is -2.31. The molecule has 0 fully saturated rings. The van der Waals surface area contributed by atoms with E-state index in [1.165, 1.54) is 12.1 Å². The van der Waals surface area contributed by atoms with Crippen molar-refractivity contribution in [1.82, 2.24) is 15.2 Å². The van der Waals surface area contributed by atoms with Crippen LogP contribution in [0.5, 0.6) is 0 Å². The molecule has 3 heteroatoms. The van der Waals surface area contributed by atoms with Gasteiger partial charge in [0.25, 0.3) is 0 Å². The lowest BCUT2D eigenvalue weighted by Gasteiger charge is -2.32. The molecule has 0 bridgehead atoms. The minimum Gasteiger partial charge on any atom is -0.311 e. The van der Waals surface area contributed by atoms with Gasteiger partial charge in [0, 0.05) is 26.2 Å². The summed E-state index contributed by atoms with van der Waals surface area (Å²) in [6.45, 7) is 14.0. The smallest absolute Gasteiger partial charge is 0.0547 e. The molecule has 0 unspecified atom stereocenters. The van der Waals surface area contributed by atoms with Gasteiger partial charge in [0.1, 0.15) is 0 Å². The highest BCUT2D eigenvalue weighted by atomic mass is 15.1. The molecule has 0 saturated heterocycles. The molecule has 2 rings (SSSR count). The van der Waals surface area contributed by atoms with Gasteiger partial charge in [0.15, 0.2) is 0 Å². The maximum Gasteiger partial charge on any atom is 0.0547 e. The van der Waals surface area contributed by atoms with Crippen molar-refractivity contribution in [1.29, 1.82) is 0 Å². The van der Waals surface area contributed by atoms with Gasteiger partial charge < -0.3 is 5.32 Å². The molecule has 0 radical (unpaired) electrons. The van der Waals surface area contributed by atoms with Crippen LogP contribution in [0.3, 0.4) is 0 Å². The van der Waals surface area contributed by atoms with Crippen molar-refractivity contribution in [2.45, 2.75) is 47.2 Å². The van der Waals surface area contributed by atoms with Gasteiger partial charge in [-0.25, -0.2) is 0 Å². The fraction of sp³-hybridized carbons (Fsp3) is 0.611. The van der Waals surface area contributed by atoms with Crippen LogP contribution in [-0.4, -0.2) is 29.5 Å². The number of hydrogen-bond acceptors (Lipinski definition) is 3. The number of nitrogens with zero attached hydrogens (tertiary/aromatic N) is 2. The van der Waals surface area contributed by atoms with Gasteiger partial charge in [-0.2, -0.15) is 0 Å². The van der Waals surface area contributed by atoms with E-state index in [4.69, 9.17) is 4.98 Å². The Morgan fingerprint density at radius 2 is 2.00 bits per heavy atom. The maximum absolute atomic E-state index is 4.75. The van der Waals surface area contributed by atoms with Crippen molar-refractivity contribution in [2.75, 3.05) is 19.6 Å². The molecule has 1 aliphatic heterocycles. The van der Waals surface area contributed by atoms with Crippen molar-refractivity contribution in [3.05, 3.63) is 41.2 Å². The molecule has 1 aliphatic rings. The van der Waals surface area contributed by atoms with Crippen molar-refractivity contribution >= 4 is 0 Å². The molecule has 0 spiro atoms. The number of aromatic nitrogens is 1. The highest BCUT2D eigenvalue weighted by Gasteiger charge is 2.21. The number of pyridine rings is 1. The van der Waals surface area contributed by atoms with E-state index in [1.54, 1.807) is 5.57 Å². The second-order valence-corrected chi connectivity index (χ2v) is 6.87. The zero-order chi connectivity index (χ0) is 15.3. The van der Waals surface area contributed by atoms with Gasteiger partial charge in [0.05, 0.1) is 11.4 Å². The second kappa shape index (κ2) is 7.19. The number of nitrogens with one attached hydrogen (secondary N) is 1. The minimum absolute atomic E-state index is 0.316. The van der Waals surface area contributed by atoms with E-state index in [2.05, 4.69) is 62.2 Å². The Morgan fingerprint density at radius 1 is 1.24 bits per heavy atom. The number of hydrogen-bond donors (Lipinski definition) is 1. The summed E-state index contributed by atoms with van der Waals surface area (Å²) < 4.78 is 0. The highest BCUT2D eigenvalue weighted by Crippen LogP contribution is 2.30. The first-order valence-electron chi connectivity index (χ1n) is 8.06. The Kier molecular flexibility index (Phi) is 5.54. The zero-order valence-corrected chi connectivity index (χ0v) is 13.9. The van der Waals surface area contributed by atoms with Crippen molar-refractivity contribution in [2.24, 2.45) is 5.41 Å². The van der Waals surface area contributed by atoms with Crippen LogP contribution in [0.25, 0.3) is 0 Å². The van der Waals surface area contributed by atoms with E-state index >= 15 is 0 Å². The summed E-state index contributed by atoms with van der Waals surface area (Å²) >= 11 is 0. The molecular formula is C18H29N3. The van der Waals surface area contributed by atoms with Gasteiger partial charge in [-0.1, -0.05) is 45.4 Å². The van der Waals surface area contributed by atoms with Gasteiger partial charge in [-0.05, 0) is 30.5 Å². The summed E-state index contributed by atoms with van der Waals surface area (Å²) in [4.78, 5) is 7.23. The topological polar surface area (TPSA) is 28.2 Å². The molecule has 2 heterocycles. The number of rotatable bonds is 5. The molecule has 0 aliphatic carbocycles. The quantitative estimate of drug-likeness (QED) is 0.842. The van der Waals surface area contributed by atoms with Crippen LogP contribution in [0.1, 0.15) is 45.5 Å². The average molecular weight is 287 g/mol. The minimum atomic E-state index is 0.316. The lowest BCUT2D eigenvalue weighted by molar-refractivity contribution is 0.268. The zero-order valence-electron chi connectivity index (χ0n) is 13.9. The van der Waals surface area contributed by atoms with Crippen LogP contribution < -0.4 is 5.32 Å². The molecule has 21 heavy (non-hydrogen) atoms. The van der Waals surface area contributed by atoms with E-state index in [0.29, 0.717) is 5.41 Å². The van der Waals surface area contributed by atoms with Crippen LogP contribution in [0, 0.1) is 5.41 Å². The fourth-order valence-electron chi connectivity index (χ4n) is 2.73. The van der Waals surface area contributed by atoms with Crippen LogP contribution in [-0.2, 0) is 13.1 Å². The molecule has 1 aromatic heterocycles. The molecule has 0 atom stereocenters. The fourth-order valence-corrected chi connectivity index (χ4v) is 2.73. The van der Waals surface area contributed by atoms with E-state index in [-0.39, 0.29) is 0 Å². The van der Waals surface area contributed by atoms with E-state index in [0.717, 1.165) is 38.4 Å². The molecule has 0 saturated carbocycles. The Balaban J connectivity index is 1.93. The largest absolute Gasteiger partial charge is 0.311 e. The summed E-state index contributed by atoms with van der Waals surface area (Å²) in [5.74, 6) is 0. The van der Waals surface area contributed by atoms with Crippen molar-refractivity contribution in [3.63, 3.8) is 0 Å². The van der Waals surface area contributed by atoms with Crippen molar-refractivity contribution < 1.29 is 0 Å². The first kappa shape index (κ1) is 16.2. The second-order valence-electron chi connectivity index (χ2n) is 6.87. The first-order valence-corrected chi connectivity index (χ1v) is 8.06. The molecule has 1 N–H and O–H groups in total. The normalized spacial score (nSPS) is 16.9. The standard InChI is InChI=1S/C18H29N3/c1-5-19-13-16-7-6-8-17(20-16)14-21-11-9-15(10-12-21)18(2,3)4/h6-9,19H,5,10-14H2,1-4H3. The van der Waals surface area contributed by atoms with Gasteiger partial charge in [0.2, 0.25) is 0 Å². The van der Waals surface area contributed by atoms with Crippen LogP contribution in [0.15, 0.2) is 29.8 Å². The Hall–Kier alpha value is -1.19. The van der Waals surface area contributed by atoms with Gasteiger partial charge >= 0.3 is 0 Å². The van der Waals surface area contributed by atoms with Gasteiger partial charge in [-0.15, -0.1) is 0 Å². The van der Waals surface area contributed by atoms with E-state index < -0.39 is 0 Å². The summed E-state index contributed by atoms with van der Waals surface area (Å²) in [5, 5.41) is 3.33. The summed E-state index contributed by atoms with van der Waals surface area (Å²) in [7, 11) is 0. The van der Waals surface area contributed by atoms with Crippen LogP contribution in [0.4, 0.5) is 0 Å². The third kappa shape index (κ3) is 4.94. The Bertz CT molecular complexity index is 485. The molecule has 3 nitrogen and oxygen atoms in total. The summed E-state index contributed by atoms with van der Waals surface area (Å²) in [6.07, 6.45) is 3.59. The SMILES string of the molecule is CCNCc1cccc(CN2CC=C(C(C)(C)C)CC2)n1. The summed E-state index contributed by atoms with van der Waals surface area (Å²) in [5.41, 5.74) is 4.22. The van der Waals surface area contributed by atoms with Crippen molar-refractivity contribution in [3.8, 4) is 0 Å². The Labute approximate surface area is 129 Å². The average Bonchev–Trinajstić information content (AvgIpc) is 2.45. The molecule has 116 valence electrons. The van der Waals surface area contributed by atoms with E-state index in [9.17, 15) is 0 Å². The molecule has 1 aromatic rings. The first-order chi connectivity index (χ1) is 9.99. The maximum atomic E-state index is 4.75. The van der Waals surface area contributed by atoms with Gasteiger partial charge in [-0.3, -0.25) is 9.88 Å². The van der Waals surface area contributed by atoms with E-state index in [1.807, 2.05) is 0 Å². The highest BCUT2D eigenvalue weighted by molar-refractivity contribution is 5.16. The third-order valence-corrected chi connectivity index (χ3v) is 4.06. The molecular weight excluding hydrogens is 258 g/mol. The molecule has 0 aromatic carbocycles. The van der Waals surface area contributed by atoms with Crippen LogP contribution in [0.2, 0.25) is 0 Å². The lowest BCUT2D eigenvalue weighted by atomic mass is 9.83. The van der Waals surface area contributed by atoms with Crippen LogP contribution >= 0.6 is 0 Å². The monoisotopic (exact) mass is 287 g/mol. The Morgan fingerprint density at radius 3 is 2.62 bits per heavy atom. The predicted octanol–water partition coefficient (Wildman–Crippen LogP) is 3.37.